The van der Waals surface area contributed by atoms with Crippen LogP contribution in [0.4, 0.5) is 0 Å². The van der Waals surface area contributed by atoms with E-state index < -0.39 is 0 Å². The molecule has 0 spiro atoms. The Morgan fingerprint density at radius 3 is 2.68 bits per heavy atom. The molecule has 1 aromatic heterocycles. The highest BCUT2D eigenvalue weighted by molar-refractivity contribution is 5.96. The Morgan fingerprint density at radius 1 is 1.12 bits per heavy atom. The maximum atomic E-state index is 12.3. The number of nitrogens with one attached hydrogen (secondary N) is 1. The standard InChI is InChI=1S/C19H19N3O3/c1-2-24-16-11-7-6-10-15(16)19(23)20-13-17-21-18(25-22-17)12-14-8-4-3-5-9-14/h3-11H,2,12-13H2,1H3,(H,20,23). The van der Waals surface area contributed by atoms with Crippen LogP contribution in [0, 0.1) is 0 Å². The Morgan fingerprint density at radius 2 is 1.88 bits per heavy atom. The molecule has 25 heavy (non-hydrogen) atoms. The number of carbonyl (C=O) groups is 1. The molecule has 0 atom stereocenters. The van der Waals surface area contributed by atoms with Gasteiger partial charge in [-0.15, -0.1) is 0 Å². The molecule has 3 aromatic rings. The Bertz CT molecular complexity index is 831. The van der Waals surface area contributed by atoms with Gasteiger partial charge < -0.3 is 14.6 Å². The molecule has 2 aromatic carbocycles. The van der Waals surface area contributed by atoms with Gasteiger partial charge in [-0.1, -0.05) is 47.6 Å². The molecule has 0 aliphatic heterocycles. The van der Waals surface area contributed by atoms with E-state index in [1.807, 2.05) is 43.3 Å². The zero-order valence-corrected chi connectivity index (χ0v) is 13.9. The Hall–Kier alpha value is -3.15. The molecule has 0 saturated heterocycles. The third kappa shape index (κ3) is 4.44. The predicted molar refractivity (Wildman–Crippen MR) is 92.3 cm³/mol. The van der Waals surface area contributed by atoms with E-state index in [0.717, 1.165) is 5.56 Å². The summed E-state index contributed by atoms with van der Waals surface area (Å²) in [6, 6.07) is 17.0. The molecule has 0 aliphatic carbocycles. The van der Waals surface area contributed by atoms with Crippen molar-refractivity contribution in [3.8, 4) is 5.75 Å². The van der Waals surface area contributed by atoms with Crippen LogP contribution in [0.3, 0.4) is 0 Å². The number of amides is 1. The fourth-order valence-electron chi connectivity index (χ4n) is 2.39. The van der Waals surface area contributed by atoms with Crippen LogP contribution in [0.2, 0.25) is 0 Å². The molecule has 1 heterocycles. The number of benzene rings is 2. The van der Waals surface area contributed by atoms with E-state index in [-0.39, 0.29) is 12.5 Å². The first kappa shape index (κ1) is 16.7. The zero-order chi connectivity index (χ0) is 17.5. The molecule has 0 fully saturated rings. The molecule has 0 unspecified atom stereocenters. The third-order valence-corrected chi connectivity index (χ3v) is 3.55. The lowest BCUT2D eigenvalue weighted by Crippen LogP contribution is -2.24. The van der Waals surface area contributed by atoms with E-state index in [9.17, 15) is 4.79 Å². The minimum atomic E-state index is -0.238. The average Bonchev–Trinajstić information content (AvgIpc) is 3.09. The number of rotatable bonds is 7. The summed E-state index contributed by atoms with van der Waals surface area (Å²) in [4.78, 5) is 16.6. The quantitative estimate of drug-likeness (QED) is 0.717. The Balaban J connectivity index is 1.60. The lowest BCUT2D eigenvalue weighted by molar-refractivity contribution is 0.0946. The van der Waals surface area contributed by atoms with Crippen LogP contribution < -0.4 is 10.1 Å². The third-order valence-electron chi connectivity index (χ3n) is 3.55. The monoisotopic (exact) mass is 337 g/mol. The molecule has 3 rings (SSSR count). The predicted octanol–water partition coefficient (Wildman–Crippen LogP) is 2.99. The summed E-state index contributed by atoms with van der Waals surface area (Å²) in [5.41, 5.74) is 1.57. The van der Waals surface area contributed by atoms with Crippen molar-refractivity contribution >= 4 is 5.91 Å². The van der Waals surface area contributed by atoms with Crippen LogP contribution in [0.25, 0.3) is 0 Å². The molecule has 128 valence electrons. The highest BCUT2D eigenvalue weighted by Gasteiger charge is 2.13. The van der Waals surface area contributed by atoms with Crippen molar-refractivity contribution < 1.29 is 14.1 Å². The van der Waals surface area contributed by atoms with E-state index in [1.54, 1.807) is 18.2 Å². The second-order valence-corrected chi connectivity index (χ2v) is 5.38. The summed E-state index contributed by atoms with van der Waals surface area (Å²) >= 11 is 0. The number of carbonyl (C=O) groups excluding carboxylic acids is 1. The number of aromatic nitrogens is 2. The maximum Gasteiger partial charge on any atom is 0.255 e. The Labute approximate surface area is 145 Å². The van der Waals surface area contributed by atoms with Crippen molar-refractivity contribution in [3.05, 3.63) is 77.4 Å². The Kier molecular flexibility index (Phi) is 5.41. The summed E-state index contributed by atoms with van der Waals surface area (Å²) < 4.78 is 10.7. The number of para-hydroxylation sites is 1. The number of ether oxygens (including phenoxy) is 1. The molecule has 0 aliphatic rings. The van der Waals surface area contributed by atoms with E-state index in [0.29, 0.717) is 36.1 Å². The minimum Gasteiger partial charge on any atom is -0.493 e. The number of hydrogen-bond donors (Lipinski definition) is 1. The molecule has 0 saturated carbocycles. The lowest BCUT2D eigenvalue weighted by atomic mass is 10.1. The molecule has 1 N–H and O–H groups in total. The van der Waals surface area contributed by atoms with Crippen molar-refractivity contribution in [3.63, 3.8) is 0 Å². The van der Waals surface area contributed by atoms with Crippen LogP contribution in [-0.2, 0) is 13.0 Å². The normalized spacial score (nSPS) is 10.4. The van der Waals surface area contributed by atoms with Crippen LogP contribution in [0.5, 0.6) is 5.75 Å². The van der Waals surface area contributed by atoms with Crippen LogP contribution in [0.1, 0.15) is 34.6 Å². The second-order valence-electron chi connectivity index (χ2n) is 5.38. The summed E-state index contributed by atoms with van der Waals surface area (Å²) in [5.74, 6) is 1.28. The van der Waals surface area contributed by atoms with Crippen LogP contribution in [-0.4, -0.2) is 22.7 Å². The first-order chi connectivity index (χ1) is 12.3. The highest BCUT2D eigenvalue weighted by Crippen LogP contribution is 2.17. The van der Waals surface area contributed by atoms with Gasteiger partial charge in [0.1, 0.15) is 5.75 Å². The summed E-state index contributed by atoms with van der Waals surface area (Å²) in [6.07, 6.45) is 0.564. The molecule has 6 nitrogen and oxygen atoms in total. The van der Waals surface area contributed by atoms with Gasteiger partial charge in [0.25, 0.3) is 5.91 Å². The molecule has 6 heteroatoms. The summed E-state index contributed by atoms with van der Waals surface area (Å²) in [6.45, 7) is 2.57. The zero-order valence-electron chi connectivity index (χ0n) is 13.9. The topological polar surface area (TPSA) is 77.2 Å². The van der Waals surface area contributed by atoms with Crippen molar-refractivity contribution in [1.82, 2.24) is 15.5 Å². The highest BCUT2D eigenvalue weighted by atomic mass is 16.5. The smallest absolute Gasteiger partial charge is 0.255 e. The van der Waals surface area contributed by atoms with Gasteiger partial charge in [0.05, 0.1) is 25.1 Å². The molecule has 0 bridgehead atoms. The first-order valence-corrected chi connectivity index (χ1v) is 8.11. The van der Waals surface area contributed by atoms with Gasteiger partial charge in [-0.2, -0.15) is 4.98 Å². The van der Waals surface area contributed by atoms with Gasteiger partial charge in [0, 0.05) is 0 Å². The average molecular weight is 337 g/mol. The van der Waals surface area contributed by atoms with Gasteiger partial charge in [-0.25, -0.2) is 0 Å². The lowest BCUT2D eigenvalue weighted by Gasteiger charge is -2.09. The van der Waals surface area contributed by atoms with E-state index in [4.69, 9.17) is 9.26 Å². The van der Waals surface area contributed by atoms with Gasteiger partial charge in [0.2, 0.25) is 5.89 Å². The van der Waals surface area contributed by atoms with Gasteiger partial charge >= 0.3 is 0 Å². The summed E-state index contributed by atoms with van der Waals surface area (Å²) in [5, 5.41) is 6.69. The van der Waals surface area contributed by atoms with Gasteiger partial charge in [-0.3, -0.25) is 4.79 Å². The van der Waals surface area contributed by atoms with Crippen molar-refractivity contribution in [2.45, 2.75) is 19.9 Å². The van der Waals surface area contributed by atoms with Crippen molar-refractivity contribution in [2.24, 2.45) is 0 Å². The molecular weight excluding hydrogens is 318 g/mol. The maximum absolute atomic E-state index is 12.3. The largest absolute Gasteiger partial charge is 0.493 e. The SMILES string of the molecule is CCOc1ccccc1C(=O)NCc1noc(Cc2ccccc2)n1. The molecule has 0 radical (unpaired) electrons. The second kappa shape index (κ2) is 8.10. The van der Waals surface area contributed by atoms with Gasteiger partial charge in [0.15, 0.2) is 5.82 Å². The van der Waals surface area contributed by atoms with Crippen molar-refractivity contribution in [1.29, 1.82) is 0 Å². The number of nitrogens with zero attached hydrogens (tertiary/aromatic N) is 2. The van der Waals surface area contributed by atoms with Crippen LogP contribution in [0.15, 0.2) is 59.1 Å². The van der Waals surface area contributed by atoms with Crippen LogP contribution >= 0.6 is 0 Å². The van der Waals surface area contributed by atoms with E-state index in [1.165, 1.54) is 0 Å². The van der Waals surface area contributed by atoms with E-state index in [2.05, 4.69) is 15.5 Å². The molecular formula is C19H19N3O3. The minimum absolute atomic E-state index is 0.192. The van der Waals surface area contributed by atoms with E-state index >= 15 is 0 Å². The van der Waals surface area contributed by atoms with Crippen molar-refractivity contribution in [2.75, 3.05) is 6.61 Å². The number of hydrogen-bond acceptors (Lipinski definition) is 5. The van der Waals surface area contributed by atoms with Gasteiger partial charge in [-0.05, 0) is 24.6 Å². The first-order valence-electron chi connectivity index (χ1n) is 8.11. The molecule has 1 amide bonds. The summed E-state index contributed by atoms with van der Waals surface area (Å²) in [7, 11) is 0. The fourth-order valence-corrected chi connectivity index (χ4v) is 2.39. The fraction of sp³-hybridized carbons (Fsp3) is 0.211.